The molecular formula is C14H20F3N3O2. The molecule has 1 aromatic rings. The van der Waals surface area contributed by atoms with Gasteiger partial charge >= 0.3 is 6.36 Å². The zero-order chi connectivity index (χ0) is 16.8. The highest BCUT2D eigenvalue weighted by Crippen LogP contribution is 2.22. The quantitative estimate of drug-likeness (QED) is 0.624. The largest absolute Gasteiger partial charge is 0.573 e. The predicted molar refractivity (Wildman–Crippen MR) is 77.5 cm³/mol. The number of nitrogens with two attached hydrogens (primary N) is 1. The Kier molecular flexibility index (Phi) is 6.04. The molecule has 22 heavy (non-hydrogen) atoms. The van der Waals surface area contributed by atoms with Gasteiger partial charge in [0.2, 0.25) is 0 Å². The molecule has 0 aliphatic rings. The van der Waals surface area contributed by atoms with Gasteiger partial charge in [-0.2, -0.15) is 0 Å². The van der Waals surface area contributed by atoms with Crippen LogP contribution in [0, 0.1) is 0 Å². The monoisotopic (exact) mass is 319 g/mol. The van der Waals surface area contributed by atoms with Crippen molar-refractivity contribution in [3.8, 4) is 5.75 Å². The van der Waals surface area contributed by atoms with Crippen molar-refractivity contribution in [1.82, 2.24) is 5.32 Å². The Morgan fingerprint density at radius 2 is 1.82 bits per heavy atom. The summed E-state index contributed by atoms with van der Waals surface area (Å²) in [6.07, 6.45) is -4.69. The molecule has 1 aromatic carbocycles. The first-order chi connectivity index (χ1) is 10.1. The van der Waals surface area contributed by atoms with Crippen molar-refractivity contribution in [2.75, 3.05) is 13.7 Å². The number of hydrogen-bond acceptors (Lipinski definition) is 3. The number of nitrogens with one attached hydrogen (secondary N) is 1. The van der Waals surface area contributed by atoms with Gasteiger partial charge in [0.1, 0.15) is 5.75 Å². The number of hydrogen-bond donors (Lipinski definition) is 2. The highest BCUT2D eigenvalue weighted by molar-refractivity contribution is 5.77. The van der Waals surface area contributed by atoms with E-state index in [-0.39, 0.29) is 23.9 Å². The summed E-state index contributed by atoms with van der Waals surface area (Å²) in [6.45, 7) is 4.52. The van der Waals surface area contributed by atoms with E-state index in [1.165, 1.54) is 24.3 Å². The SMILES string of the molecule is COC(C)(C)CNC(N)=NCc1ccc(OC(F)(F)F)cc1. The third kappa shape index (κ3) is 7.16. The van der Waals surface area contributed by atoms with E-state index in [9.17, 15) is 13.2 Å². The summed E-state index contributed by atoms with van der Waals surface area (Å²) in [5, 5.41) is 2.92. The van der Waals surface area contributed by atoms with Crippen molar-refractivity contribution >= 4 is 5.96 Å². The Balaban J connectivity index is 2.51. The van der Waals surface area contributed by atoms with Gasteiger partial charge in [0, 0.05) is 13.7 Å². The van der Waals surface area contributed by atoms with Crippen LogP contribution in [0.2, 0.25) is 0 Å². The van der Waals surface area contributed by atoms with E-state index in [0.29, 0.717) is 12.1 Å². The molecule has 0 amide bonds. The second-order valence-electron chi connectivity index (χ2n) is 5.21. The number of benzene rings is 1. The van der Waals surface area contributed by atoms with Crippen molar-refractivity contribution in [2.45, 2.75) is 32.4 Å². The summed E-state index contributed by atoms with van der Waals surface area (Å²) < 4.78 is 45.1. The smallest absolute Gasteiger partial charge is 0.406 e. The predicted octanol–water partition coefficient (Wildman–Crippen LogP) is 2.41. The summed E-state index contributed by atoms with van der Waals surface area (Å²) in [4.78, 5) is 4.10. The molecule has 5 nitrogen and oxygen atoms in total. The van der Waals surface area contributed by atoms with Crippen molar-refractivity contribution < 1.29 is 22.6 Å². The Morgan fingerprint density at radius 3 is 2.32 bits per heavy atom. The number of rotatable bonds is 6. The molecule has 0 aromatic heterocycles. The molecule has 0 fully saturated rings. The fourth-order valence-corrected chi connectivity index (χ4v) is 1.40. The fourth-order valence-electron chi connectivity index (χ4n) is 1.40. The maximum Gasteiger partial charge on any atom is 0.573 e. The van der Waals surface area contributed by atoms with E-state index in [1.54, 1.807) is 7.11 Å². The maximum absolute atomic E-state index is 12.0. The first-order valence-corrected chi connectivity index (χ1v) is 6.55. The van der Waals surface area contributed by atoms with Gasteiger partial charge in [0.15, 0.2) is 5.96 Å². The Labute approximate surface area is 127 Å². The molecule has 0 aliphatic heterocycles. The Hall–Kier alpha value is -1.96. The van der Waals surface area contributed by atoms with Crippen LogP contribution in [0.5, 0.6) is 5.75 Å². The molecule has 0 aliphatic carbocycles. The molecule has 0 atom stereocenters. The Morgan fingerprint density at radius 1 is 1.23 bits per heavy atom. The van der Waals surface area contributed by atoms with E-state index in [1.807, 2.05) is 13.8 Å². The van der Waals surface area contributed by atoms with Crippen molar-refractivity contribution in [2.24, 2.45) is 10.7 Å². The van der Waals surface area contributed by atoms with Crippen LogP contribution in [0.4, 0.5) is 13.2 Å². The second-order valence-corrected chi connectivity index (χ2v) is 5.21. The van der Waals surface area contributed by atoms with Crippen LogP contribution in [0.3, 0.4) is 0 Å². The molecule has 0 bridgehead atoms. The average molecular weight is 319 g/mol. The standard InChI is InChI=1S/C14H20F3N3O2/c1-13(2,21-3)9-20-12(18)19-8-10-4-6-11(7-5-10)22-14(15,16)17/h4-7H,8-9H2,1-3H3,(H3,18,19,20). The molecule has 0 saturated carbocycles. The molecule has 8 heteroatoms. The van der Waals surface area contributed by atoms with Crippen molar-refractivity contribution in [3.05, 3.63) is 29.8 Å². The number of methoxy groups -OCH3 is 1. The van der Waals surface area contributed by atoms with E-state index in [2.05, 4.69) is 15.0 Å². The summed E-state index contributed by atoms with van der Waals surface area (Å²) in [5.74, 6) is -0.0334. The second kappa shape index (κ2) is 7.35. The fraction of sp³-hybridized carbons (Fsp3) is 0.500. The summed E-state index contributed by atoms with van der Waals surface area (Å²) in [7, 11) is 1.60. The van der Waals surface area contributed by atoms with Gasteiger partial charge in [-0.3, -0.25) is 0 Å². The average Bonchev–Trinajstić information content (AvgIpc) is 2.43. The van der Waals surface area contributed by atoms with Crippen LogP contribution in [-0.2, 0) is 11.3 Å². The van der Waals surface area contributed by atoms with Crippen LogP contribution in [0.25, 0.3) is 0 Å². The highest BCUT2D eigenvalue weighted by atomic mass is 19.4. The third-order valence-corrected chi connectivity index (χ3v) is 2.84. The molecule has 0 heterocycles. The molecule has 0 radical (unpaired) electrons. The van der Waals surface area contributed by atoms with E-state index < -0.39 is 6.36 Å². The summed E-state index contributed by atoms with van der Waals surface area (Å²) in [5.41, 5.74) is 6.04. The number of alkyl halides is 3. The maximum atomic E-state index is 12.0. The molecule has 3 N–H and O–H groups in total. The number of ether oxygens (including phenoxy) is 2. The van der Waals surface area contributed by atoms with Crippen LogP contribution < -0.4 is 15.8 Å². The lowest BCUT2D eigenvalue weighted by Crippen LogP contribution is -2.43. The third-order valence-electron chi connectivity index (χ3n) is 2.84. The Bertz CT molecular complexity index is 499. The van der Waals surface area contributed by atoms with E-state index in [0.717, 1.165) is 0 Å². The first-order valence-electron chi connectivity index (χ1n) is 6.55. The molecule has 0 saturated heterocycles. The molecule has 0 spiro atoms. The van der Waals surface area contributed by atoms with Gasteiger partial charge in [0.25, 0.3) is 0 Å². The zero-order valence-corrected chi connectivity index (χ0v) is 12.7. The molecule has 1 rings (SSSR count). The lowest BCUT2D eigenvalue weighted by Gasteiger charge is -2.23. The first kappa shape index (κ1) is 18.1. The van der Waals surface area contributed by atoms with Gasteiger partial charge in [0.05, 0.1) is 12.1 Å². The molecule has 0 unspecified atom stereocenters. The topological polar surface area (TPSA) is 68.9 Å². The van der Waals surface area contributed by atoms with Crippen LogP contribution in [0.15, 0.2) is 29.3 Å². The normalized spacial score (nSPS) is 13.1. The minimum Gasteiger partial charge on any atom is -0.406 e. The van der Waals surface area contributed by atoms with Gasteiger partial charge < -0.3 is 20.5 Å². The minimum atomic E-state index is -4.69. The summed E-state index contributed by atoms with van der Waals surface area (Å²) in [6, 6.07) is 5.46. The number of halogens is 3. The van der Waals surface area contributed by atoms with E-state index >= 15 is 0 Å². The van der Waals surface area contributed by atoms with Gasteiger partial charge in [-0.25, -0.2) is 4.99 Å². The van der Waals surface area contributed by atoms with Crippen LogP contribution in [-0.4, -0.2) is 31.6 Å². The van der Waals surface area contributed by atoms with Crippen LogP contribution in [0.1, 0.15) is 19.4 Å². The molecular weight excluding hydrogens is 299 g/mol. The number of guanidine groups is 1. The lowest BCUT2D eigenvalue weighted by atomic mass is 10.1. The minimum absolute atomic E-state index is 0.237. The number of nitrogens with zero attached hydrogens (tertiary/aromatic N) is 1. The zero-order valence-electron chi connectivity index (χ0n) is 12.7. The van der Waals surface area contributed by atoms with Crippen molar-refractivity contribution in [1.29, 1.82) is 0 Å². The lowest BCUT2D eigenvalue weighted by molar-refractivity contribution is -0.274. The molecule has 124 valence electrons. The summed E-state index contributed by atoms with van der Waals surface area (Å²) >= 11 is 0. The van der Waals surface area contributed by atoms with Crippen molar-refractivity contribution in [3.63, 3.8) is 0 Å². The van der Waals surface area contributed by atoms with Gasteiger partial charge in [-0.05, 0) is 31.5 Å². The van der Waals surface area contributed by atoms with Gasteiger partial charge in [-0.15, -0.1) is 13.2 Å². The van der Waals surface area contributed by atoms with Crippen LogP contribution >= 0.6 is 0 Å². The number of aliphatic imine (C=N–C) groups is 1. The van der Waals surface area contributed by atoms with Gasteiger partial charge in [-0.1, -0.05) is 12.1 Å². The highest BCUT2D eigenvalue weighted by Gasteiger charge is 2.30. The van der Waals surface area contributed by atoms with E-state index in [4.69, 9.17) is 10.5 Å².